The molecular formula is C11H12ClN4O+. The molecule has 6 heteroatoms. The molecule has 0 radical (unpaired) electrons. The summed E-state index contributed by atoms with van der Waals surface area (Å²) in [7, 11) is 0. The first-order chi connectivity index (χ1) is 8.15. The number of anilines is 1. The topological polar surface area (TPSA) is 63.4 Å². The fourth-order valence-corrected chi connectivity index (χ4v) is 2.08. The van der Waals surface area contributed by atoms with E-state index in [1.54, 1.807) is 6.20 Å². The highest BCUT2D eigenvalue weighted by molar-refractivity contribution is 6.30. The van der Waals surface area contributed by atoms with Crippen molar-refractivity contribution in [2.45, 2.75) is 25.3 Å². The first-order valence-corrected chi connectivity index (χ1v) is 5.90. The molecule has 0 aromatic carbocycles. The van der Waals surface area contributed by atoms with Gasteiger partial charge in [-0.25, -0.2) is 0 Å². The van der Waals surface area contributed by atoms with Crippen molar-refractivity contribution in [1.29, 1.82) is 0 Å². The van der Waals surface area contributed by atoms with Crippen molar-refractivity contribution >= 4 is 29.3 Å². The number of hydrogen-bond donors (Lipinski definition) is 1. The average Bonchev–Trinajstić information content (AvgIpc) is 3.02. The van der Waals surface area contributed by atoms with Gasteiger partial charge in [-0.3, -0.25) is 9.36 Å². The van der Waals surface area contributed by atoms with Gasteiger partial charge in [0.15, 0.2) is 18.1 Å². The number of hydrazone groups is 1. The highest BCUT2D eigenvalue weighted by Gasteiger charge is 2.37. The molecule has 2 N–H and O–H groups in total. The molecule has 1 saturated carbocycles. The van der Waals surface area contributed by atoms with Crippen LogP contribution in [-0.4, -0.2) is 27.3 Å². The minimum Gasteiger partial charge on any atom is -0.394 e. The molecule has 3 rings (SSSR count). The lowest BCUT2D eigenvalue weighted by atomic mass is 10.3. The molecule has 1 aliphatic carbocycles. The van der Waals surface area contributed by atoms with Crippen molar-refractivity contribution in [3.05, 3.63) is 27.6 Å². The predicted molar refractivity (Wildman–Crippen MR) is 66.9 cm³/mol. The molecular weight excluding hydrogens is 240 g/mol. The second-order valence-electron chi connectivity index (χ2n) is 4.30. The van der Waals surface area contributed by atoms with Crippen LogP contribution >= 0.6 is 11.6 Å². The molecule has 2 aliphatic rings. The van der Waals surface area contributed by atoms with Crippen LogP contribution in [0, 0.1) is 0 Å². The largest absolute Gasteiger partial charge is 0.394 e. The Morgan fingerprint density at radius 2 is 2.29 bits per heavy atom. The minimum atomic E-state index is -0.265. The molecule has 5 nitrogen and oxygen atoms in total. The van der Waals surface area contributed by atoms with Crippen LogP contribution in [0.2, 0.25) is 5.02 Å². The summed E-state index contributed by atoms with van der Waals surface area (Å²) >= 11 is 5.89. The summed E-state index contributed by atoms with van der Waals surface area (Å²) in [5, 5.41) is 4.85. The maximum absolute atomic E-state index is 11.9. The first kappa shape index (κ1) is 10.5. The highest BCUT2D eigenvalue weighted by atomic mass is 35.5. The van der Waals surface area contributed by atoms with E-state index in [0.717, 1.165) is 0 Å². The molecule has 0 unspecified atom stereocenters. The van der Waals surface area contributed by atoms with Gasteiger partial charge in [-0.15, -0.1) is 0 Å². The zero-order valence-electron chi connectivity index (χ0n) is 9.14. The van der Waals surface area contributed by atoms with Crippen molar-refractivity contribution in [2.24, 2.45) is 5.10 Å². The lowest BCUT2D eigenvalue weighted by Crippen LogP contribution is -2.28. The lowest BCUT2D eigenvalue weighted by Gasteiger charge is -2.03. The van der Waals surface area contributed by atoms with E-state index in [-0.39, 0.29) is 11.2 Å². The van der Waals surface area contributed by atoms with Crippen LogP contribution in [0.15, 0.2) is 22.2 Å². The van der Waals surface area contributed by atoms with E-state index in [2.05, 4.69) is 5.10 Å². The van der Waals surface area contributed by atoms with Crippen LogP contribution in [-0.2, 0) is 0 Å². The smallest absolute Gasteiger partial charge is 0.279 e. The summed E-state index contributed by atoms with van der Waals surface area (Å²) in [4.78, 5) is 11.9. The number of pyridine rings is 1. The van der Waals surface area contributed by atoms with Gasteiger partial charge in [0.1, 0.15) is 0 Å². The Bertz CT molecular complexity index is 598. The number of halogens is 1. The molecule has 0 bridgehead atoms. The van der Waals surface area contributed by atoms with Crippen molar-refractivity contribution < 1.29 is 4.68 Å². The Kier molecular flexibility index (Phi) is 2.29. The standard InChI is InChI=1S/C11H12ClN4O/c12-7-5-9(13)11(17)15(6-7)10-3-4-16(14-10)8-1-2-8/h4-6,8H,1-3,13H2/q+1. The van der Waals surface area contributed by atoms with Crippen LogP contribution in [0.3, 0.4) is 0 Å². The molecule has 0 atom stereocenters. The van der Waals surface area contributed by atoms with Crippen LogP contribution in [0.25, 0.3) is 0 Å². The van der Waals surface area contributed by atoms with Gasteiger partial charge in [-0.05, 0) is 6.07 Å². The normalized spacial score (nSPS) is 19.1. The SMILES string of the molecule is Nc1cc(Cl)cn(C2=N[N+](C3CC3)=CC2)c1=O. The summed E-state index contributed by atoms with van der Waals surface area (Å²) in [6.07, 6.45) is 6.52. The van der Waals surface area contributed by atoms with Crippen LogP contribution < -0.4 is 11.3 Å². The van der Waals surface area contributed by atoms with Crippen molar-refractivity contribution in [3.63, 3.8) is 0 Å². The third kappa shape index (κ3) is 1.86. The Morgan fingerprint density at radius 3 is 3.00 bits per heavy atom. The molecule has 1 aliphatic heterocycles. The van der Waals surface area contributed by atoms with Crippen molar-refractivity contribution in [2.75, 3.05) is 5.73 Å². The van der Waals surface area contributed by atoms with E-state index < -0.39 is 0 Å². The molecule has 0 saturated heterocycles. The van der Waals surface area contributed by atoms with Gasteiger partial charge in [0.05, 0.1) is 17.1 Å². The van der Waals surface area contributed by atoms with E-state index in [9.17, 15) is 4.79 Å². The van der Waals surface area contributed by atoms with E-state index in [0.29, 0.717) is 23.3 Å². The molecule has 1 aromatic heterocycles. The quantitative estimate of drug-likeness (QED) is 0.754. The second-order valence-corrected chi connectivity index (χ2v) is 4.74. The zero-order valence-corrected chi connectivity index (χ0v) is 9.89. The summed E-state index contributed by atoms with van der Waals surface area (Å²) in [5.41, 5.74) is 5.48. The van der Waals surface area contributed by atoms with E-state index in [1.165, 1.54) is 23.5 Å². The number of nitrogens with zero attached hydrogens (tertiary/aromatic N) is 3. The van der Waals surface area contributed by atoms with Gasteiger partial charge in [0, 0.05) is 24.1 Å². The average molecular weight is 252 g/mol. The predicted octanol–water partition coefficient (Wildman–Crippen LogP) is 0.895. The fourth-order valence-electron chi connectivity index (χ4n) is 1.87. The van der Waals surface area contributed by atoms with E-state index in [1.807, 2.05) is 10.9 Å². The lowest BCUT2D eigenvalue weighted by molar-refractivity contribution is -0.540. The molecule has 17 heavy (non-hydrogen) atoms. The molecule has 88 valence electrons. The number of nitrogens with two attached hydrogens (primary N) is 1. The van der Waals surface area contributed by atoms with E-state index in [4.69, 9.17) is 17.3 Å². The van der Waals surface area contributed by atoms with Gasteiger partial charge in [-0.1, -0.05) is 16.3 Å². The molecule has 1 aromatic rings. The molecule has 0 amide bonds. The number of nitrogen functional groups attached to an aromatic ring is 1. The summed E-state index contributed by atoms with van der Waals surface area (Å²) in [6.45, 7) is 0. The van der Waals surface area contributed by atoms with Crippen molar-refractivity contribution in [3.8, 4) is 0 Å². The second kappa shape index (κ2) is 3.70. The van der Waals surface area contributed by atoms with Gasteiger partial charge in [-0.2, -0.15) is 0 Å². The Morgan fingerprint density at radius 1 is 1.53 bits per heavy atom. The summed E-state index contributed by atoms with van der Waals surface area (Å²) in [5.74, 6) is 0.677. The van der Waals surface area contributed by atoms with Crippen LogP contribution in [0.4, 0.5) is 5.69 Å². The highest BCUT2D eigenvalue weighted by Crippen LogP contribution is 2.25. The Labute approximate surface area is 103 Å². The van der Waals surface area contributed by atoms with Gasteiger partial charge in [0.25, 0.3) is 5.56 Å². The zero-order chi connectivity index (χ0) is 12.0. The maximum Gasteiger partial charge on any atom is 0.279 e. The summed E-state index contributed by atoms with van der Waals surface area (Å²) < 4.78 is 3.36. The molecule has 0 spiro atoms. The monoisotopic (exact) mass is 251 g/mol. The first-order valence-electron chi connectivity index (χ1n) is 5.52. The number of rotatable bonds is 1. The number of aromatic nitrogens is 1. The van der Waals surface area contributed by atoms with Gasteiger partial charge < -0.3 is 5.73 Å². The van der Waals surface area contributed by atoms with Crippen molar-refractivity contribution in [1.82, 2.24) is 4.57 Å². The summed E-state index contributed by atoms with van der Waals surface area (Å²) in [6, 6.07) is 1.97. The van der Waals surface area contributed by atoms with Crippen LogP contribution in [0.1, 0.15) is 19.3 Å². The van der Waals surface area contributed by atoms with Crippen LogP contribution in [0.5, 0.6) is 0 Å². The molecule has 1 fully saturated rings. The maximum atomic E-state index is 11.9. The van der Waals surface area contributed by atoms with Gasteiger partial charge in [0.2, 0.25) is 0 Å². The minimum absolute atomic E-state index is 0.144. The third-order valence-corrected chi connectivity index (χ3v) is 3.11. The third-order valence-electron chi connectivity index (χ3n) is 2.90. The Hall–Kier alpha value is -1.62. The van der Waals surface area contributed by atoms with Gasteiger partial charge >= 0.3 is 0 Å². The fraction of sp³-hybridized carbons (Fsp3) is 0.364. The number of hydrogen-bond acceptors (Lipinski definition) is 3. The molecule has 2 heterocycles. The Balaban J connectivity index is 2.01. The van der Waals surface area contributed by atoms with E-state index >= 15 is 0 Å².